The second-order valence-corrected chi connectivity index (χ2v) is 11.2. The predicted molar refractivity (Wildman–Crippen MR) is 147 cm³/mol. The number of benzene rings is 1. The van der Waals surface area contributed by atoms with E-state index in [-0.39, 0.29) is 6.09 Å². The normalized spacial score (nSPS) is 15.3. The zero-order chi connectivity index (χ0) is 26.3. The van der Waals surface area contributed by atoms with Crippen LogP contribution < -0.4 is 10.1 Å². The smallest absolute Gasteiger partial charge is 0.410 e. The summed E-state index contributed by atoms with van der Waals surface area (Å²) < 4.78 is 12.0. The Kier molecular flexibility index (Phi) is 6.18. The van der Waals surface area contributed by atoms with Crippen molar-refractivity contribution in [2.75, 3.05) is 18.4 Å². The summed E-state index contributed by atoms with van der Waals surface area (Å²) in [7, 11) is 0. The van der Waals surface area contributed by atoms with Crippen LogP contribution in [0.2, 0.25) is 0 Å². The Morgan fingerprint density at radius 2 is 1.95 bits per heavy atom. The molecule has 1 aliphatic carbocycles. The predicted octanol–water partition coefficient (Wildman–Crippen LogP) is 6.53. The van der Waals surface area contributed by atoms with Gasteiger partial charge >= 0.3 is 6.09 Å². The Balaban J connectivity index is 1.26. The van der Waals surface area contributed by atoms with E-state index in [1.807, 2.05) is 57.4 Å². The van der Waals surface area contributed by atoms with Crippen LogP contribution in [0.15, 0.2) is 55.0 Å². The van der Waals surface area contributed by atoms with Gasteiger partial charge in [0.15, 0.2) is 0 Å². The second kappa shape index (κ2) is 9.67. The van der Waals surface area contributed by atoms with Gasteiger partial charge in [-0.3, -0.25) is 0 Å². The van der Waals surface area contributed by atoms with E-state index in [9.17, 15) is 4.79 Å². The van der Waals surface area contributed by atoms with Crippen molar-refractivity contribution in [3.63, 3.8) is 0 Å². The van der Waals surface area contributed by atoms with Crippen molar-refractivity contribution < 1.29 is 14.3 Å². The molecule has 1 aliphatic heterocycles. The standard InChI is InChI=1S/C30H33N5O3/c1-30(2,3)38-29(36)35-13-10-20-6-7-23(14-22(20)18-35)37-25-9-12-32-28-27(25)24(17-34-28)21-8-11-31-26(15-21)33-16-19-4-5-19/h6-9,11-12,14-15,17,19H,4-5,10,13,16,18H2,1-3H3,(H,31,33)(H,32,34). The Morgan fingerprint density at radius 1 is 1.11 bits per heavy atom. The number of hydrogen-bond donors (Lipinski definition) is 2. The van der Waals surface area contributed by atoms with Gasteiger partial charge in [0.2, 0.25) is 0 Å². The summed E-state index contributed by atoms with van der Waals surface area (Å²) in [5.74, 6) is 3.08. The van der Waals surface area contributed by atoms with Crippen LogP contribution in [0.4, 0.5) is 10.6 Å². The number of fused-ring (bicyclic) bond motifs is 2. The van der Waals surface area contributed by atoms with Gasteiger partial charge in [-0.25, -0.2) is 14.8 Å². The number of nitrogens with zero attached hydrogens (tertiary/aromatic N) is 3. The first kappa shape index (κ1) is 24.3. The number of rotatable bonds is 6. The highest BCUT2D eigenvalue weighted by molar-refractivity contribution is 5.98. The minimum absolute atomic E-state index is 0.286. The lowest BCUT2D eigenvalue weighted by Crippen LogP contribution is -2.39. The number of carbonyl (C=O) groups excluding carboxylic acids is 1. The highest BCUT2D eigenvalue weighted by atomic mass is 16.6. The van der Waals surface area contributed by atoms with Crippen LogP contribution in [0.3, 0.4) is 0 Å². The summed E-state index contributed by atoms with van der Waals surface area (Å²) in [5, 5.41) is 4.38. The summed E-state index contributed by atoms with van der Waals surface area (Å²) in [6, 6.07) is 12.1. The molecule has 196 valence electrons. The van der Waals surface area contributed by atoms with E-state index in [1.54, 1.807) is 11.1 Å². The van der Waals surface area contributed by atoms with Crippen LogP contribution in [0.25, 0.3) is 22.2 Å². The van der Waals surface area contributed by atoms with Crippen molar-refractivity contribution in [1.29, 1.82) is 0 Å². The van der Waals surface area contributed by atoms with E-state index >= 15 is 0 Å². The van der Waals surface area contributed by atoms with Gasteiger partial charge in [-0.15, -0.1) is 0 Å². The number of pyridine rings is 2. The molecule has 0 bridgehead atoms. The number of carbonyl (C=O) groups is 1. The first-order valence-electron chi connectivity index (χ1n) is 13.3. The maximum Gasteiger partial charge on any atom is 0.410 e. The van der Waals surface area contributed by atoms with Crippen LogP contribution in [0.1, 0.15) is 44.7 Å². The molecule has 1 aromatic carbocycles. The largest absolute Gasteiger partial charge is 0.457 e. The molecule has 0 unspecified atom stereocenters. The number of amides is 1. The number of aromatic amines is 1. The van der Waals surface area contributed by atoms with Gasteiger partial charge in [-0.1, -0.05) is 6.07 Å². The van der Waals surface area contributed by atoms with Gasteiger partial charge in [0.25, 0.3) is 0 Å². The van der Waals surface area contributed by atoms with E-state index in [2.05, 4.69) is 32.4 Å². The lowest BCUT2D eigenvalue weighted by molar-refractivity contribution is 0.0224. The molecule has 8 heteroatoms. The van der Waals surface area contributed by atoms with Crippen molar-refractivity contribution in [2.45, 2.75) is 52.2 Å². The third kappa shape index (κ3) is 5.30. The number of aromatic nitrogens is 3. The Bertz CT molecular complexity index is 1490. The summed E-state index contributed by atoms with van der Waals surface area (Å²) in [4.78, 5) is 26.7. The Morgan fingerprint density at radius 3 is 2.76 bits per heavy atom. The molecule has 4 aromatic rings. The summed E-state index contributed by atoms with van der Waals surface area (Å²) in [6.45, 7) is 7.76. The molecule has 4 heterocycles. The van der Waals surface area contributed by atoms with Crippen LogP contribution >= 0.6 is 0 Å². The second-order valence-electron chi connectivity index (χ2n) is 11.2. The van der Waals surface area contributed by atoms with Crippen molar-refractivity contribution in [3.8, 4) is 22.6 Å². The van der Waals surface area contributed by atoms with E-state index in [1.165, 1.54) is 18.4 Å². The van der Waals surface area contributed by atoms with Gasteiger partial charge in [-0.2, -0.15) is 0 Å². The average Bonchev–Trinajstić information content (AvgIpc) is 3.62. The zero-order valence-corrected chi connectivity index (χ0v) is 22.1. The molecule has 0 saturated heterocycles. The van der Waals surface area contributed by atoms with Gasteiger partial charge in [0.1, 0.15) is 28.6 Å². The topological polar surface area (TPSA) is 92.4 Å². The third-order valence-electron chi connectivity index (χ3n) is 6.94. The van der Waals surface area contributed by atoms with Crippen molar-refractivity contribution in [3.05, 3.63) is 66.1 Å². The number of hydrogen-bond acceptors (Lipinski definition) is 6. The molecule has 0 atom stereocenters. The summed E-state index contributed by atoms with van der Waals surface area (Å²) in [5.41, 5.74) is 4.58. The number of anilines is 1. The fraction of sp³-hybridized carbons (Fsp3) is 0.367. The molecule has 3 aromatic heterocycles. The summed E-state index contributed by atoms with van der Waals surface area (Å²) >= 11 is 0. The van der Waals surface area contributed by atoms with Gasteiger partial charge in [-0.05, 0) is 93.0 Å². The first-order valence-corrected chi connectivity index (χ1v) is 13.3. The molecule has 8 nitrogen and oxygen atoms in total. The molecule has 1 saturated carbocycles. The Labute approximate surface area is 222 Å². The van der Waals surface area contributed by atoms with E-state index < -0.39 is 5.60 Å². The molecule has 38 heavy (non-hydrogen) atoms. The number of nitrogens with one attached hydrogen (secondary N) is 2. The molecular formula is C30H33N5O3. The van der Waals surface area contributed by atoms with Crippen molar-refractivity contribution >= 4 is 22.9 Å². The third-order valence-corrected chi connectivity index (χ3v) is 6.94. The van der Waals surface area contributed by atoms with E-state index in [0.29, 0.717) is 13.1 Å². The lowest BCUT2D eigenvalue weighted by atomic mass is 10.00. The van der Waals surface area contributed by atoms with E-state index in [0.717, 1.165) is 63.9 Å². The molecule has 0 radical (unpaired) electrons. The minimum atomic E-state index is -0.522. The molecular weight excluding hydrogens is 478 g/mol. The Hall–Kier alpha value is -4.07. The van der Waals surface area contributed by atoms with Crippen LogP contribution in [0.5, 0.6) is 11.5 Å². The number of ether oxygens (including phenoxy) is 2. The van der Waals surface area contributed by atoms with Gasteiger partial charge in [0, 0.05) is 43.8 Å². The molecule has 6 rings (SSSR count). The van der Waals surface area contributed by atoms with Gasteiger partial charge < -0.3 is 24.7 Å². The highest BCUT2D eigenvalue weighted by Gasteiger charge is 2.26. The quantitative estimate of drug-likeness (QED) is 0.306. The molecule has 1 amide bonds. The highest BCUT2D eigenvalue weighted by Crippen LogP contribution is 2.38. The van der Waals surface area contributed by atoms with Crippen LogP contribution in [-0.2, 0) is 17.7 Å². The minimum Gasteiger partial charge on any atom is -0.457 e. The fourth-order valence-corrected chi connectivity index (χ4v) is 4.81. The molecule has 2 N–H and O–H groups in total. The first-order chi connectivity index (χ1) is 18.3. The molecule has 2 aliphatic rings. The van der Waals surface area contributed by atoms with E-state index in [4.69, 9.17) is 9.47 Å². The summed E-state index contributed by atoms with van der Waals surface area (Å²) in [6.07, 6.45) is 8.64. The van der Waals surface area contributed by atoms with Gasteiger partial charge in [0.05, 0.1) is 5.39 Å². The maximum absolute atomic E-state index is 12.6. The molecule has 1 fully saturated rings. The zero-order valence-electron chi connectivity index (χ0n) is 22.1. The van der Waals surface area contributed by atoms with Crippen molar-refractivity contribution in [2.24, 2.45) is 5.92 Å². The monoisotopic (exact) mass is 511 g/mol. The maximum atomic E-state index is 12.6. The lowest BCUT2D eigenvalue weighted by Gasteiger charge is -2.31. The number of H-pyrrole nitrogens is 1. The van der Waals surface area contributed by atoms with Crippen molar-refractivity contribution in [1.82, 2.24) is 19.9 Å². The van der Waals surface area contributed by atoms with Crippen LogP contribution in [-0.4, -0.2) is 44.6 Å². The molecule has 0 spiro atoms. The SMILES string of the molecule is CC(C)(C)OC(=O)N1CCc2ccc(Oc3ccnc4[nH]cc(-c5ccnc(NCC6CC6)c5)c34)cc2C1. The van der Waals surface area contributed by atoms with Crippen LogP contribution in [0, 0.1) is 5.92 Å². The average molecular weight is 512 g/mol. The fourth-order valence-electron chi connectivity index (χ4n) is 4.81.